The van der Waals surface area contributed by atoms with Gasteiger partial charge in [-0.25, -0.2) is 8.42 Å². The first-order valence-corrected chi connectivity index (χ1v) is 15.6. The molecule has 1 atom stereocenters. The average Bonchev–Trinajstić information content (AvgIpc) is 2.94. The highest BCUT2D eigenvalue weighted by Crippen LogP contribution is 2.27. The molecule has 0 N–H and O–H groups in total. The fraction of sp³-hybridized carbons (Fsp3) is 0.500. The minimum Gasteiger partial charge on any atom is -0.383 e. The van der Waals surface area contributed by atoms with Gasteiger partial charge in [0.1, 0.15) is 5.38 Å². The van der Waals surface area contributed by atoms with Crippen molar-refractivity contribution in [1.29, 1.82) is 0 Å². The van der Waals surface area contributed by atoms with E-state index in [0.29, 0.717) is 43.9 Å². The van der Waals surface area contributed by atoms with Crippen LogP contribution < -0.4 is 0 Å². The number of hydrogen-bond donors (Lipinski definition) is 0. The van der Waals surface area contributed by atoms with Gasteiger partial charge in [0.25, 0.3) is 0 Å². The van der Waals surface area contributed by atoms with Crippen molar-refractivity contribution in [3.8, 4) is 0 Å². The predicted octanol–water partition coefficient (Wildman–Crippen LogP) is 4.33. The zero-order valence-corrected chi connectivity index (χ0v) is 24.8. The monoisotopic (exact) mass is 597 g/mol. The van der Waals surface area contributed by atoms with Crippen LogP contribution in [-0.4, -0.2) is 86.0 Å². The third kappa shape index (κ3) is 8.91. The number of rotatable bonds is 13. The fourth-order valence-corrected chi connectivity index (χ4v) is 6.51. The number of carbonyl (C=O) groups excluding carboxylic acids is 2. The number of alkyl halides is 1. The van der Waals surface area contributed by atoms with Crippen molar-refractivity contribution in [3.05, 3.63) is 70.7 Å². The van der Waals surface area contributed by atoms with E-state index < -0.39 is 15.4 Å². The van der Waals surface area contributed by atoms with Gasteiger partial charge in [0.2, 0.25) is 21.8 Å². The Bertz CT molecular complexity index is 1170. The zero-order valence-electron chi connectivity index (χ0n) is 22.5. The maximum Gasteiger partial charge on any atom is 0.245 e. The number of halogens is 2. The Balaban J connectivity index is 1.75. The molecule has 0 bridgehead atoms. The van der Waals surface area contributed by atoms with Crippen LogP contribution in [0, 0.1) is 0 Å². The van der Waals surface area contributed by atoms with E-state index in [0.717, 1.165) is 11.1 Å². The molecule has 3 rings (SSSR count). The molecular formula is C28H37Cl2N3O5S. The Morgan fingerprint density at radius 2 is 1.72 bits per heavy atom. The molecule has 0 saturated carbocycles. The van der Waals surface area contributed by atoms with Crippen molar-refractivity contribution < 1.29 is 22.7 Å². The molecule has 2 amide bonds. The van der Waals surface area contributed by atoms with Crippen LogP contribution in [0.3, 0.4) is 0 Å². The molecule has 1 saturated heterocycles. The molecule has 2 aromatic rings. The second-order valence-electron chi connectivity index (χ2n) is 9.62. The Morgan fingerprint density at radius 1 is 1.08 bits per heavy atom. The topological polar surface area (TPSA) is 87.2 Å². The van der Waals surface area contributed by atoms with E-state index >= 15 is 0 Å². The molecule has 214 valence electrons. The lowest BCUT2D eigenvalue weighted by molar-refractivity contribution is -0.137. The van der Waals surface area contributed by atoms with Gasteiger partial charge in [0.15, 0.2) is 0 Å². The van der Waals surface area contributed by atoms with Gasteiger partial charge in [-0.3, -0.25) is 9.59 Å². The van der Waals surface area contributed by atoms with Crippen LogP contribution >= 0.6 is 23.2 Å². The maximum absolute atomic E-state index is 13.7. The van der Waals surface area contributed by atoms with E-state index in [4.69, 9.17) is 27.9 Å². The second-order valence-corrected chi connectivity index (χ2v) is 12.6. The quantitative estimate of drug-likeness (QED) is 0.321. The van der Waals surface area contributed by atoms with Crippen LogP contribution in [0.25, 0.3) is 0 Å². The fourth-order valence-electron chi connectivity index (χ4n) is 4.67. The van der Waals surface area contributed by atoms with Crippen molar-refractivity contribution in [3.63, 3.8) is 0 Å². The molecule has 0 aromatic heterocycles. The molecule has 1 aliphatic rings. The van der Waals surface area contributed by atoms with Crippen LogP contribution in [0.4, 0.5) is 0 Å². The van der Waals surface area contributed by atoms with Crippen LogP contribution in [0.15, 0.2) is 54.6 Å². The van der Waals surface area contributed by atoms with Crippen LogP contribution in [0.5, 0.6) is 0 Å². The van der Waals surface area contributed by atoms with Gasteiger partial charge >= 0.3 is 0 Å². The number of carbonyl (C=O) groups is 2. The Kier molecular flexibility index (Phi) is 12.1. The number of nitrogens with zero attached hydrogens (tertiary/aromatic N) is 3. The molecule has 1 fully saturated rings. The largest absolute Gasteiger partial charge is 0.383 e. The molecule has 2 aromatic carbocycles. The molecular weight excluding hydrogens is 561 g/mol. The van der Waals surface area contributed by atoms with E-state index in [1.807, 2.05) is 42.5 Å². The summed E-state index contributed by atoms with van der Waals surface area (Å²) in [5.74, 6) is -0.485. The summed E-state index contributed by atoms with van der Waals surface area (Å²) in [7, 11) is -2.12. The third-order valence-corrected chi connectivity index (χ3v) is 9.54. The van der Waals surface area contributed by atoms with Crippen molar-refractivity contribution >= 4 is 45.0 Å². The van der Waals surface area contributed by atoms with Crippen LogP contribution in [0.1, 0.15) is 42.7 Å². The number of benzene rings is 2. The van der Waals surface area contributed by atoms with Gasteiger partial charge in [-0.05, 0) is 42.5 Å². The highest BCUT2D eigenvalue weighted by molar-refractivity contribution is 7.89. The standard InChI is InChI=1S/C28H37Cl2N3O5S/c1-3-19-39(36,37)32(17-18-38-2)21-26(34)33(20-22-9-11-24(29)12-10-22)25-13-15-31(16-14-25)28(35)27(30)23-7-5-4-6-8-23/h4-12,25,27H,3,13-21H2,1-2H3. The van der Waals surface area contributed by atoms with Crippen LogP contribution in [-0.2, 0) is 30.9 Å². The Morgan fingerprint density at radius 3 is 2.31 bits per heavy atom. The van der Waals surface area contributed by atoms with Gasteiger partial charge in [-0.2, -0.15) is 4.31 Å². The molecule has 0 radical (unpaired) electrons. The molecule has 0 aliphatic carbocycles. The molecule has 1 heterocycles. The lowest BCUT2D eigenvalue weighted by atomic mass is 10.0. The minimum atomic E-state index is -3.62. The Hall–Kier alpha value is -2.17. The summed E-state index contributed by atoms with van der Waals surface area (Å²) in [6.07, 6.45) is 1.57. The SMILES string of the molecule is CCCS(=O)(=O)N(CCOC)CC(=O)N(Cc1ccc(Cl)cc1)C1CCN(C(=O)C(Cl)c2ccccc2)CC1. The number of piperidine rings is 1. The normalized spacial score (nSPS) is 15.4. The molecule has 8 nitrogen and oxygen atoms in total. The number of hydrogen-bond acceptors (Lipinski definition) is 5. The smallest absolute Gasteiger partial charge is 0.245 e. The van der Waals surface area contributed by atoms with Crippen molar-refractivity contribution in [2.75, 3.05) is 45.6 Å². The molecule has 11 heteroatoms. The van der Waals surface area contributed by atoms with Crippen molar-refractivity contribution in [1.82, 2.24) is 14.1 Å². The lowest BCUT2D eigenvalue weighted by Gasteiger charge is -2.40. The van der Waals surface area contributed by atoms with E-state index in [1.165, 1.54) is 11.4 Å². The third-order valence-electron chi connectivity index (χ3n) is 6.82. The number of sulfonamides is 1. The first-order valence-electron chi connectivity index (χ1n) is 13.1. The summed E-state index contributed by atoms with van der Waals surface area (Å²) in [6.45, 7) is 3.02. The van der Waals surface area contributed by atoms with E-state index in [-0.39, 0.29) is 43.3 Å². The van der Waals surface area contributed by atoms with Gasteiger partial charge in [0, 0.05) is 44.4 Å². The lowest BCUT2D eigenvalue weighted by Crippen LogP contribution is -2.52. The first kappa shape index (κ1) is 31.4. The highest BCUT2D eigenvalue weighted by atomic mass is 35.5. The number of ether oxygens (including phenoxy) is 1. The van der Waals surface area contributed by atoms with Gasteiger partial charge in [-0.15, -0.1) is 11.6 Å². The van der Waals surface area contributed by atoms with Gasteiger partial charge in [-0.1, -0.05) is 61.0 Å². The summed E-state index contributed by atoms with van der Waals surface area (Å²) in [6, 6.07) is 16.3. The van der Waals surface area contributed by atoms with E-state index in [1.54, 1.807) is 28.9 Å². The summed E-state index contributed by atoms with van der Waals surface area (Å²) in [5, 5.41) is -0.179. The molecule has 0 spiro atoms. The highest BCUT2D eigenvalue weighted by Gasteiger charge is 2.34. The number of methoxy groups -OCH3 is 1. The zero-order chi connectivity index (χ0) is 28.4. The summed E-state index contributed by atoms with van der Waals surface area (Å²) >= 11 is 12.5. The maximum atomic E-state index is 13.7. The van der Waals surface area contributed by atoms with Gasteiger partial charge in [0.05, 0.1) is 18.9 Å². The summed E-state index contributed by atoms with van der Waals surface area (Å²) in [4.78, 5) is 30.2. The number of likely N-dealkylation sites (tertiary alicyclic amines) is 1. The molecule has 1 aliphatic heterocycles. The second kappa shape index (κ2) is 15.0. The average molecular weight is 599 g/mol. The van der Waals surface area contributed by atoms with Gasteiger partial charge < -0.3 is 14.5 Å². The Labute approximate surface area is 241 Å². The summed E-state index contributed by atoms with van der Waals surface area (Å²) in [5.41, 5.74) is 1.63. The molecule has 1 unspecified atom stereocenters. The van der Waals surface area contributed by atoms with Crippen molar-refractivity contribution in [2.45, 2.75) is 44.1 Å². The first-order chi connectivity index (χ1) is 18.7. The number of amides is 2. The molecule has 39 heavy (non-hydrogen) atoms. The van der Waals surface area contributed by atoms with Crippen molar-refractivity contribution in [2.24, 2.45) is 0 Å². The predicted molar refractivity (Wildman–Crippen MR) is 154 cm³/mol. The summed E-state index contributed by atoms with van der Waals surface area (Å²) < 4.78 is 32.1. The van der Waals surface area contributed by atoms with E-state index in [2.05, 4.69) is 0 Å². The minimum absolute atomic E-state index is 0.0390. The van der Waals surface area contributed by atoms with E-state index in [9.17, 15) is 18.0 Å². The van der Waals surface area contributed by atoms with Crippen LogP contribution in [0.2, 0.25) is 5.02 Å².